The van der Waals surface area contributed by atoms with Crippen LogP contribution in [0, 0.1) is 0 Å². The number of hydrogen-bond donors (Lipinski definition) is 2. The van der Waals surface area contributed by atoms with Crippen LogP contribution in [0.3, 0.4) is 0 Å². The molecule has 0 saturated heterocycles. The maximum Gasteiger partial charge on any atom is 0.274 e. The lowest BCUT2D eigenvalue weighted by atomic mass is 11.9. The Kier molecular flexibility index (Phi) is 2.32. The van der Waals surface area contributed by atoms with Crippen LogP contribution in [0.1, 0.15) is 0 Å². The van der Waals surface area contributed by atoms with Gasteiger partial charge in [-0.1, -0.05) is 0 Å². The minimum Gasteiger partial charge on any atom is -0.294 e. The molecule has 0 aromatic carbocycles. The van der Waals surface area contributed by atoms with Crippen molar-refractivity contribution in [2.24, 2.45) is 0 Å². The summed E-state index contributed by atoms with van der Waals surface area (Å²) in [5.41, 5.74) is 0. The highest BCUT2D eigenvalue weighted by atomic mass is 33.2. The summed E-state index contributed by atoms with van der Waals surface area (Å²) in [4.78, 5) is 9.26. The predicted octanol–water partition coefficient (Wildman–Crippen LogP) is -1.05. The molecule has 2 atom stereocenters. The van der Waals surface area contributed by atoms with Crippen LogP contribution in [0.25, 0.3) is 0 Å². The van der Waals surface area contributed by atoms with E-state index in [-0.39, 0.29) is 0 Å². The lowest BCUT2D eigenvalue weighted by Crippen LogP contribution is -2.04. The molecule has 0 heterocycles. The van der Waals surface area contributed by atoms with Gasteiger partial charge in [0.05, 0.1) is 0 Å². The van der Waals surface area contributed by atoms with Crippen LogP contribution in [-0.4, -0.2) is 22.8 Å². The first-order valence-electron chi connectivity index (χ1n) is 1.27. The van der Waals surface area contributed by atoms with Gasteiger partial charge in [-0.05, 0) is 0 Å². The third kappa shape index (κ3) is 1.73. The van der Waals surface area contributed by atoms with Gasteiger partial charge in [0.15, 0.2) is 0 Å². The van der Waals surface area contributed by atoms with Crippen molar-refractivity contribution in [1.82, 2.24) is 0 Å². The topological polar surface area (TPSA) is 91.7 Å². The summed E-state index contributed by atoms with van der Waals surface area (Å²) in [6.45, 7) is 0. The average molecular weight is 158 g/mol. The molecule has 0 rings (SSSR count). The first-order chi connectivity index (χ1) is 3.50. The van der Waals surface area contributed by atoms with Gasteiger partial charge >= 0.3 is 0 Å². The number of rotatable bonds is 1. The van der Waals surface area contributed by atoms with Gasteiger partial charge in [-0.3, -0.25) is 9.11 Å². The molecule has 0 aliphatic carbocycles. The van der Waals surface area contributed by atoms with Gasteiger partial charge in [0.2, 0.25) is 5.23 Å². The number of carbonyl (C=O) groups excluding carboxylic acids is 1. The maximum absolute atomic E-state index is 9.84. The second-order valence-corrected chi connectivity index (χ2v) is 4.54. The van der Waals surface area contributed by atoms with Crippen molar-refractivity contribution in [3.05, 3.63) is 0 Å². The van der Waals surface area contributed by atoms with Gasteiger partial charge in [0, 0.05) is 0 Å². The molecule has 8 heavy (non-hydrogen) atoms. The third-order valence-electron chi connectivity index (χ3n) is 0.299. The summed E-state index contributed by atoms with van der Waals surface area (Å²) in [5, 5.41) is 0.524. The van der Waals surface area contributed by atoms with Crippen molar-refractivity contribution < 1.29 is 22.3 Å². The summed E-state index contributed by atoms with van der Waals surface area (Å²) in [7, 11) is -7.28. The molecule has 2 unspecified atom stereocenters. The molecule has 0 fully saturated rings. The minimum atomic E-state index is -4.26. The maximum atomic E-state index is 9.84. The van der Waals surface area contributed by atoms with Crippen molar-refractivity contribution in [3.8, 4) is 0 Å². The lowest BCUT2D eigenvalue weighted by molar-refractivity contribution is 0.537. The monoisotopic (exact) mass is 158 g/mol. The second kappa shape index (κ2) is 2.38. The van der Waals surface area contributed by atoms with E-state index < -0.39 is 18.9 Å². The van der Waals surface area contributed by atoms with E-state index in [1.54, 1.807) is 0 Å². The molecule has 2 N–H and O–H groups in total. The minimum absolute atomic E-state index is 0.524. The quantitative estimate of drug-likeness (QED) is 0.288. The van der Waals surface area contributed by atoms with E-state index in [2.05, 4.69) is 0 Å². The molecule has 0 saturated carbocycles. The molecule has 0 spiro atoms. The smallest absolute Gasteiger partial charge is 0.274 e. The molecule has 0 aromatic rings. The van der Waals surface area contributed by atoms with Crippen LogP contribution >= 0.6 is 0 Å². The van der Waals surface area contributed by atoms with Crippen LogP contribution in [0.4, 0.5) is 0 Å². The van der Waals surface area contributed by atoms with E-state index in [0.29, 0.717) is 5.23 Å². The largest absolute Gasteiger partial charge is 0.294 e. The molecule has 0 aromatic heterocycles. The number of hydrogen-bond acceptors (Lipinski definition) is 3. The van der Waals surface area contributed by atoms with Crippen LogP contribution in [0.5, 0.6) is 0 Å². The summed E-state index contributed by atoms with van der Waals surface area (Å²) < 4.78 is 35.1. The van der Waals surface area contributed by atoms with Crippen molar-refractivity contribution in [2.75, 3.05) is 0 Å². The van der Waals surface area contributed by atoms with Gasteiger partial charge in [-0.2, -0.15) is 0 Å². The lowest BCUT2D eigenvalue weighted by Gasteiger charge is -1.84. The molecule has 48 valence electrons. The van der Waals surface area contributed by atoms with Gasteiger partial charge in [-0.25, -0.2) is 13.2 Å². The zero-order valence-electron chi connectivity index (χ0n) is 3.44. The molecular formula is CH2O5S2. The highest BCUT2D eigenvalue weighted by molar-refractivity contribution is 8.63. The van der Waals surface area contributed by atoms with Crippen molar-refractivity contribution in [2.45, 2.75) is 0 Å². The van der Waals surface area contributed by atoms with E-state index in [1.807, 2.05) is 0 Å². The normalized spacial score (nSPS) is 20.8. The zero-order chi connectivity index (χ0) is 6.78. The van der Waals surface area contributed by atoms with Gasteiger partial charge in [0.25, 0.3) is 18.9 Å². The van der Waals surface area contributed by atoms with E-state index >= 15 is 0 Å². The summed E-state index contributed by atoms with van der Waals surface area (Å²) in [6.07, 6.45) is 0. The van der Waals surface area contributed by atoms with Gasteiger partial charge in [-0.15, -0.1) is 0 Å². The first-order valence-corrected chi connectivity index (χ1v) is 4.41. The van der Waals surface area contributed by atoms with E-state index in [1.165, 1.54) is 0 Å². The standard InChI is InChI=1S/CH2O5S2/c2-1-8(5,6)7(3)4/h(H,3,4)(H,5,6). The Morgan fingerprint density at radius 3 is 2.00 bits per heavy atom. The Bertz CT molecular complexity index is 227. The van der Waals surface area contributed by atoms with Crippen molar-refractivity contribution in [1.29, 1.82) is 0 Å². The van der Waals surface area contributed by atoms with Gasteiger partial charge < -0.3 is 0 Å². The van der Waals surface area contributed by atoms with Gasteiger partial charge in [0.1, 0.15) is 0 Å². The SMILES string of the molecule is O=C=S(=O)(O)S(=O)O. The van der Waals surface area contributed by atoms with E-state index in [9.17, 15) is 13.2 Å². The van der Waals surface area contributed by atoms with Crippen molar-refractivity contribution >= 4 is 24.2 Å². The highest BCUT2D eigenvalue weighted by Gasteiger charge is 2.08. The Balaban J connectivity index is 5.00. The van der Waals surface area contributed by atoms with Crippen LogP contribution in [0.15, 0.2) is 0 Å². The van der Waals surface area contributed by atoms with Crippen LogP contribution in [-0.2, 0) is 23.7 Å². The Labute approximate surface area is 47.2 Å². The average Bonchev–Trinajstić information content (AvgIpc) is 1.67. The Morgan fingerprint density at radius 2 is 2.00 bits per heavy atom. The zero-order valence-corrected chi connectivity index (χ0v) is 5.07. The summed E-state index contributed by atoms with van der Waals surface area (Å²) in [6, 6.07) is 0. The fourth-order valence-electron chi connectivity index (χ4n) is 0.0291. The van der Waals surface area contributed by atoms with E-state index in [0.717, 1.165) is 0 Å². The summed E-state index contributed by atoms with van der Waals surface area (Å²) >= 11 is 0. The second-order valence-electron chi connectivity index (χ2n) is 0.776. The van der Waals surface area contributed by atoms with Crippen molar-refractivity contribution in [3.63, 3.8) is 0 Å². The Hall–Kier alpha value is -0.200. The predicted molar refractivity (Wildman–Crippen MR) is 27.2 cm³/mol. The molecule has 0 radical (unpaired) electrons. The molecule has 5 nitrogen and oxygen atoms in total. The summed E-state index contributed by atoms with van der Waals surface area (Å²) in [5.74, 6) is 0. The molecule has 0 bridgehead atoms. The fraction of sp³-hybridized carbons (Fsp3) is 0. The molecule has 0 aliphatic rings. The van der Waals surface area contributed by atoms with E-state index in [4.69, 9.17) is 9.11 Å². The molecule has 0 aliphatic heterocycles. The van der Waals surface area contributed by atoms with Crippen LogP contribution in [0.2, 0.25) is 0 Å². The molecule has 7 heteroatoms. The highest BCUT2D eigenvalue weighted by Crippen LogP contribution is 1.84. The molecule has 0 amide bonds. The Morgan fingerprint density at radius 1 is 1.62 bits per heavy atom. The first kappa shape index (κ1) is 7.80. The van der Waals surface area contributed by atoms with Crippen LogP contribution < -0.4 is 0 Å². The fourth-order valence-corrected chi connectivity index (χ4v) is 0.262. The molecular weight excluding hydrogens is 156 g/mol. The third-order valence-corrected chi connectivity index (χ3v) is 2.26.